The smallest absolute Gasteiger partial charge is 0.414 e. The zero-order valence-electron chi connectivity index (χ0n) is 8.84. The zero-order chi connectivity index (χ0) is 12.3. The van der Waals surface area contributed by atoms with Crippen molar-refractivity contribution in [1.29, 1.82) is 0 Å². The Kier molecular flexibility index (Phi) is 3.96. The van der Waals surface area contributed by atoms with Gasteiger partial charge in [0.25, 0.3) is 0 Å². The largest absolute Gasteiger partial charge is 0.462 e. The van der Waals surface area contributed by atoms with Gasteiger partial charge < -0.3 is 9.47 Å². The molecule has 0 aliphatic carbocycles. The van der Waals surface area contributed by atoms with Crippen molar-refractivity contribution in [1.82, 2.24) is 0 Å². The third kappa shape index (κ3) is 3.23. The van der Waals surface area contributed by atoms with Gasteiger partial charge in [-0.1, -0.05) is 13.5 Å². The minimum absolute atomic E-state index is 0.0467. The van der Waals surface area contributed by atoms with Crippen LogP contribution < -0.4 is 0 Å². The van der Waals surface area contributed by atoms with Crippen molar-refractivity contribution in [2.75, 3.05) is 13.2 Å². The van der Waals surface area contributed by atoms with Crippen LogP contribution in [0.15, 0.2) is 12.2 Å². The molecular formula is C10H13F3O3. The van der Waals surface area contributed by atoms with Gasteiger partial charge >= 0.3 is 12.1 Å². The van der Waals surface area contributed by atoms with Gasteiger partial charge in [0.2, 0.25) is 0 Å². The number of hydrogen-bond acceptors (Lipinski definition) is 3. The molecule has 1 saturated heterocycles. The summed E-state index contributed by atoms with van der Waals surface area (Å²) in [5.41, 5.74) is -0.0941. The first kappa shape index (κ1) is 13.0. The maximum absolute atomic E-state index is 12.6. The van der Waals surface area contributed by atoms with Gasteiger partial charge in [-0.2, -0.15) is 13.2 Å². The number of ether oxygens (including phenoxy) is 2. The molecule has 1 aliphatic heterocycles. The van der Waals surface area contributed by atoms with Crippen LogP contribution in [0.3, 0.4) is 0 Å². The summed E-state index contributed by atoms with van der Waals surface area (Å²) in [6.07, 6.45) is -6.20. The monoisotopic (exact) mass is 238 g/mol. The van der Waals surface area contributed by atoms with E-state index in [2.05, 4.69) is 6.58 Å². The van der Waals surface area contributed by atoms with E-state index in [0.717, 1.165) is 0 Å². The van der Waals surface area contributed by atoms with Crippen molar-refractivity contribution in [3.63, 3.8) is 0 Å². The maximum atomic E-state index is 12.6. The Morgan fingerprint density at radius 3 is 2.62 bits per heavy atom. The highest BCUT2D eigenvalue weighted by molar-refractivity contribution is 5.87. The Morgan fingerprint density at radius 2 is 2.06 bits per heavy atom. The van der Waals surface area contributed by atoms with E-state index in [4.69, 9.17) is 9.47 Å². The molecule has 0 aromatic carbocycles. The summed E-state index contributed by atoms with van der Waals surface area (Å²) in [5, 5.41) is 0. The van der Waals surface area contributed by atoms with Gasteiger partial charge in [0.1, 0.15) is 0 Å². The molecule has 16 heavy (non-hydrogen) atoms. The molecule has 0 bridgehead atoms. The molecule has 1 heterocycles. The molecule has 6 heteroatoms. The molecule has 1 rings (SSSR count). The van der Waals surface area contributed by atoms with Crippen LogP contribution in [0.25, 0.3) is 0 Å². The lowest BCUT2D eigenvalue weighted by atomic mass is 10.0. The zero-order valence-corrected chi connectivity index (χ0v) is 8.84. The van der Waals surface area contributed by atoms with Crippen molar-refractivity contribution in [2.24, 2.45) is 5.92 Å². The van der Waals surface area contributed by atoms with E-state index in [1.165, 1.54) is 6.92 Å². The molecule has 92 valence electrons. The second kappa shape index (κ2) is 4.86. The van der Waals surface area contributed by atoms with Crippen LogP contribution in [0, 0.1) is 5.92 Å². The molecule has 0 aromatic heterocycles. The van der Waals surface area contributed by atoms with Crippen LogP contribution in [0.1, 0.15) is 13.3 Å². The Bertz CT molecular complexity index is 286. The Hall–Kier alpha value is -1.04. The molecule has 2 atom stereocenters. The van der Waals surface area contributed by atoms with E-state index in [-0.39, 0.29) is 18.6 Å². The molecule has 0 aromatic rings. The lowest BCUT2D eigenvalue weighted by molar-refractivity contribution is -0.232. The number of cyclic esters (lactones) is 1. The van der Waals surface area contributed by atoms with Gasteiger partial charge in [0.05, 0.1) is 18.8 Å². The second-order valence-electron chi connectivity index (χ2n) is 3.78. The number of halogens is 3. The molecule has 0 spiro atoms. The summed E-state index contributed by atoms with van der Waals surface area (Å²) < 4.78 is 47.2. The minimum atomic E-state index is -4.44. The van der Waals surface area contributed by atoms with Gasteiger partial charge in [-0.25, -0.2) is 4.79 Å². The normalized spacial score (nSPS) is 29.0. The predicted octanol–water partition coefficient (Wildman–Crippen LogP) is 2.07. The Morgan fingerprint density at radius 1 is 1.44 bits per heavy atom. The summed E-state index contributed by atoms with van der Waals surface area (Å²) in [5.74, 6) is -1.45. The fourth-order valence-corrected chi connectivity index (χ4v) is 1.42. The van der Waals surface area contributed by atoms with Crippen LogP contribution in [0.4, 0.5) is 13.2 Å². The van der Waals surface area contributed by atoms with Gasteiger partial charge in [-0.15, -0.1) is 0 Å². The van der Waals surface area contributed by atoms with Crippen LogP contribution in [0.2, 0.25) is 0 Å². The standard InChI is InChI=1S/C10H13F3O3/c1-6-3-4-15-9(14)7(2)5-16-8(6)10(11,12)13/h6,8H,2-5H2,1H3. The fraction of sp³-hybridized carbons (Fsp3) is 0.700. The van der Waals surface area contributed by atoms with Gasteiger partial charge in [-0.05, 0) is 12.3 Å². The third-order valence-corrected chi connectivity index (χ3v) is 2.37. The predicted molar refractivity (Wildman–Crippen MR) is 49.7 cm³/mol. The molecular weight excluding hydrogens is 225 g/mol. The van der Waals surface area contributed by atoms with E-state index < -0.39 is 30.8 Å². The SMILES string of the molecule is C=C1COC(C(F)(F)F)C(C)CCOC1=O. The van der Waals surface area contributed by atoms with Crippen LogP contribution in [-0.4, -0.2) is 31.5 Å². The molecule has 0 saturated carbocycles. The summed E-state index contributed by atoms with van der Waals surface area (Å²) in [4.78, 5) is 11.1. The van der Waals surface area contributed by atoms with Crippen molar-refractivity contribution in [3.8, 4) is 0 Å². The summed E-state index contributed by atoms with van der Waals surface area (Å²) >= 11 is 0. The highest BCUT2D eigenvalue weighted by Crippen LogP contribution is 2.31. The maximum Gasteiger partial charge on any atom is 0.414 e. The molecule has 3 nitrogen and oxygen atoms in total. The number of rotatable bonds is 0. The first-order valence-electron chi connectivity index (χ1n) is 4.85. The first-order valence-corrected chi connectivity index (χ1v) is 4.85. The summed E-state index contributed by atoms with van der Waals surface area (Å²) in [6.45, 7) is 4.23. The number of carbonyl (C=O) groups is 1. The molecule has 0 amide bonds. The average Bonchev–Trinajstić information content (AvgIpc) is 2.19. The lowest BCUT2D eigenvalue weighted by Gasteiger charge is -2.25. The average molecular weight is 238 g/mol. The van der Waals surface area contributed by atoms with E-state index in [1.54, 1.807) is 0 Å². The van der Waals surface area contributed by atoms with E-state index in [0.29, 0.717) is 0 Å². The van der Waals surface area contributed by atoms with Gasteiger partial charge in [0, 0.05) is 0 Å². The summed E-state index contributed by atoms with van der Waals surface area (Å²) in [7, 11) is 0. The first-order chi connectivity index (χ1) is 7.32. The van der Waals surface area contributed by atoms with Crippen LogP contribution in [-0.2, 0) is 14.3 Å². The van der Waals surface area contributed by atoms with E-state index in [9.17, 15) is 18.0 Å². The molecule has 1 aliphatic rings. The fourth-order valence-electron chi connectivity index (χ4n) is 1.42. The van der Waals surface area contributed by atoms with Crippen molar-refractivity contribution in [3.05, 3.63) is 12.2 Å². The van der Waals surface area contributed by atoms with Crippen LogP contribution in [0.5, 0.6) is 0 Å². The highest BCUT2D eigenvalue weighted by Gasteiger charge is 2.44. The van der Waals surface area contributed by atoms with Crippen molar-refractivity contribution >= 4 is 5.97 Å². The lowest BCUT2D eigenvalue weighted by Crippen LogP contribution is -2.38. The number of hydrogen-bond donors (Lipinski definition) is 0. The minimum Gasteiger partial charge on any atom is -0.462 e. The molecule has 2 unspecified atom stereocenters. The third-order valence-electron chi connectivity index (χ3n) is 2.37. The number of esters is 1. The molecule has 1 fully saturated rings. The number of alkyl halides is 3. The Labute approximate surface area is 91.2 Å². The molecule has 0 radical (unpaired) electrons. The quantitative estimate of drug-likeness (QED) is 0.478. The van der Waals surface area contributed by atoms with E-state index in [1.807, 2.05) is 0 Å². The molecule has 0 N–H and O–H groups in total. The van der Waals surface area contributed by atoms with Crippen molar-refractivity contribution in [2.45, 2.75) is 25.6 Å². The van der Waals surface area contributed by atoms with Gasteiger partial charge in [0.15, 0.2) is 6.10 Å². The van der Waals surface area contributed by atoms with Crippen molar-refractivity contribution < 1.29 is 27.4 Å². The van der Waals surface area contributed by atoms with E-state index >= 15 is 0 Å². The summed E-state index contributed by atoms with van der Waals surface area (Å²) in [6, 6.07) is 0. The second-order valence-corrected chi connectivity index (χ2v) is 3.78. The number of carbonyl (C=O) groups excluding carboxylic acids is 1. The Balaban J connectivity index is 2.77. The van der Waals surface area contributed by atoms with Crippen LogP contribution >= 0.6 is 0 Å². The topological polar surface area (TPSA) is 35.5 Å². The van der Waals surface area contributed by atoms with Gasteiger partial charge in [-0.3, -0.25) is 0 Å². The highest BCUT2D eigenvalue weighted by atomic mass is 19.4.